The predicted octanol–water partition coefficient (Wildman–Crippen LogP) is 3.92. The number of nitrogens with zero attached hydrogens (tertiary/aromatic N) is 2. The molecule has 0 radical (unpaired) electrons. The lowest BCUT2D eigenvalue weighted by atomic mass is 10.2. The number of rotatable bonds is 4. The van der Waals surface area contributed by atoms with Crippen LogP contribution in [-0.4, -0.2) is 10.9 Å². The van der Waals surface area contributed by atoms with E-state index >= 15 is 0 Å². The fourth-order valence-corrected chi connectivity index (χ4v) is 3.44. The summed E-state index contributed by atoms with van der Waals surface area (Å²) in [5.41, 5.74) is 3.10. The van der Waals surface area contributed by atoms with Gasteiger partial charge in [0.25, 0.3) is 0 Å². The maximum Gasteiger partial charge on any atom is 0.230 e. The molecule has 6 heteroatoms. The van der Waals surface area contributed by atoms with Crippen LogP contribution in [0.3, 0.4) is 0 Å². The predicted molar refractivity (Wildman–Crippen MR) is 88.9 cm³/mol. The summed E-state index contributed by atoms with van der Waals surface area (Å²) in [5.74, 6) is -0.119. The van der Waals surface area contributed by atoms with Gasteiger partial charge in [-0.1, -0.05) is 0 Å². The molecule has 0 saturated carbocycles. The van der Waals surface area contributed by atoms with Gasteiger partial charge in [-0.15, -0.1) is 11.3 Å². The maximum atomic E-state index is 12.0. The molecule has 3 rings (SSSR count). The quantitative estimate of drug-likeness (QED) is 0.790. The maximum absolute atomic E-state index is 12.0. The Balaban J connectivity index is 1.63. The van der Waals surface area contributed by atoms with Crippen molar-refractivity contribution in [1.82, 2.24) is 4.98 Å². The van der Waals surface area contributed by atoms with Crippen molar-refractivity contribution < 1.29 is 4.79 Å². The highest BCUT2D eigenvalue weighted by molar-refractivity contribution is 7.14. The van der Waals surface area contributed by atoms with Crippen LogP contribution in [0.4, 0.5) is 5.69 Å². The standard InChI is InChI=1S/C16H11N3OS2/c17-8-11-1-3-13(4-2-11)18-15(20)7-14-10-22-16(19-14)12-5-6-21-9-12/h1-6,9-10H,7H2,(H,18,20). The van der Waals surface area contributed by atoms with E-state index in [1.165, 1.54) is 0 Å². The van der Waals surface area contributed by atoms with E-state index in [-0.39, 0.29) is 12.3 Å². The number of hydrogen-bond acceptors (Lipinski definition) is 5. The number of benzene rings is 1. The molecular weight excluding hydrogens is 314 g/mol. The Hall–Kier alpha value is -2.49. The smallest absolute Gasteiger partial charge is 0.230 e. The van der Waals surface area contributed by atoms with Crippen molar-refractivity contribution >= 4 is 34.3 Å². The Morgan fingerprint density at radius 2 is 2.05 bits per heavy atom. The summed E-state index contributed by atoms with van der Waals surface area (Å²) in [4.78, 5) is 16.5. The van der Waals surface area contributed by atoms with E-state index in [1.807, 2.05) is 28.3 Å². The fraction of sp³-hybridized carbons (Fsp3) is 0.0625. The van der Waals surface area contributed by atoms with Crippen molar-refractivity contribution in [3.8, 4) is 16.6 Å². The summed E-state index contributed by atoms with van der Waals surface area (Å²) in [6.07, 6.45) is 0.237. The summed E-state index contributed by atoms with van der Waals surface area (Å²) >= 11 is 3.17. The second kappa shape index (κ2) is 6.52. The number of thiazole rings is 1. The minimum Gasteiger partial charge on any atom is -0.326 e. The minimum atomic E-state index is -0.119. The lowest BCUT2D eigenvalue weighted by Gasteiger charge is -2.03. The average Bonchev–Trinajstić information content (AvgIpc) is 3.19. The number of hydrogen-bond donors (Lipinski definition) is 1. The van der Waals surface area contributed by atoms with E-state index in [4.69, 9.17) is 5.26 Å². The molecule has 0 aliphatic heterocycles. The van der Waals surface area contributed by atoms with Gasteiger partial charge in [-0.3, -0.25) is 4.79 Å². The summed E-state index contributed by atoms with van der Waals surface area (Å²) in [7, 11) is 0. The topological polar surface area (TPSA) is 65.8 Å². The van der Waals surface area contributed by atoms with Crippen LogP contribution < -0.4 is 5.32 Å². The lowest BCUT2D eigenvalue weighted by Crippen LogP contribution is -2.14. The Bertz CT molecular complexity index is 814. The van der Waals surface area contributed by atoms with Crippen LogP contribution in [0.15, 0.2) is 46.5 Å². The van der Waals surface area contributed by atoms with E-state index in [2.05, 4.69) is 10.3 Å². The number of anilines is 1. The molecule has 1 N–H and O–H groups in total. The largest absolute Gasteiger partial charge is 0.326 e. The molecule has 108 valence electrons. The van der Waals surface area contributed by atoms with Gasteiger partial charge < -0.3 is 5.32 Å². The number of nitriles is 1. The summed E-state index contributed by atoms with van der Waals surface area (Å²) in [6, 6.07) is 10.8. The van der Waals surface area contributed by atoms with Crippen molar-refractivity contribution in [1.29, 1.82) is 5.26 Å². The van der Waals surface area contributed by atoms with Crippen LogP contribution in [0.5, 0.6) is 0 Å². The summed E-state index contributed by atoms with van der Waals surface area (Å²) in [5, 5.41) is 18.4. The molecule has 0 spiro atoms. The highest BCUT2D eigenvalue weighted by Gasteiger charge is 2.09. The third-order valence-corrected chi connectivity index (χ3v) is 4.58. The molecule has 2 aromatic heterocycles. The number of thiophene rings is 1. The molecule has 4 nitrogen and oxygen atoms in total. The SMILES string of the molecule is N#Cc1ccc(NC(=O)Cc2csc(-c3ccsc3)n2)cc1. The van der Waals surface area contributed by atoms with Crippen molar-refractivity contribution in [2.45, 2.75) is 6.42 Å². The number of aromatic nitrogens is 1. The summed E-state index contributed by atoms with van der Waals surface area (Å²) < 4.78 is 0. The van der Waals surface area contributed by atoms with Crippen LogP contribution in [0.1, 0.15) is 11.3 Å². The van der Waals surface area contributed by atoms with E-state index in [0.717, 1.165) is 16.3 Å². The van der Waals surface area contributed by atoms with Crippen molar-refractivity contribution in [3.05, 3.63) is 57.7 Å². The van der Waals surface area contributed by atoms with E-state index < -0.39 is 0 Å². The molecule has 0 unspecified atom stereocenters. The molecule has 0 saturated heterocycles. The highest BCUT2D eigenvalue weighted by atomic mass is 32.1. The molecule has 0 aliphatic carbocycles. The molecule has 3 aromatic rings. The van der Waals surface area contributed by atoms with Gasteiger partial charge in [-0.05, 0) is 35.7 Å². The van der Waals surface area contributed by atoms with Gasteiger partial charge in [-0.25, -0.2) is 4.98 Å². The number of carbonyl (C=O) groups is 1. The molecule has 0 fully saturated rings. The summed E-state index contributed by atoms with van der Waals surface area (Å²) in [6.45, 7) is 0. The fourth-order valence-electron chi connectivity index (χ4n) is 1.90. The first-order valence-electron chi connectivity index (χ1n) is 6.51. The highest BCUT2D eigenvalue weighted by Crippen LogP contribution is 2.25. The molecule has 0 aliphatic rings. The molecular formula is C16H11N3OS2. The van der Waals surface area contributed by atoms with Gasteiger partial charge >= 0.3 is 0 Å². The third kappa shape index (κ3) is 3.39. The molecule has 0 atom stereocenters. The van der Waals surface area contributed by atoms with Gasteiger partial charge in [0, 0.05) is 22.0 Å². The van der Waals surface area contributed by atoms with Gasteiger partial charge in [0.2, 0.25) is 5.91 Å². The molecule has 1 aromatic carbocycles. The Labute approximate surface area is 135 Å². The second-order valence-corrected chi connectivity index (χ2v) is 6.21. The van der Waals surface area contributed by atoms with Gasteiger partial charge in [-0.2, -0.15) is 16.6 Å². The first kappa shape index (κ1) is 14.4. The molecule has 0 bridgehead atoms. The normalized spacial score (nSPS) is 10.1. The zero-order valence-electron chi connectivity index (χ0n) is 11.4. The van der Waals surface area contributed by atoms with Crippen LogP contribution in [0, 0.1) is 11.3 Å². The zero-order valence-corrected chi connectivity index (χ0v) is 13.1. The number of amides is 1. The van der Waals surface area contributed by atoms with Crippen LogP contribution in [-0.2, 0) is 11.2 Å². The van der Waals surface area contributed by atoms with Gasteiger partial charge in [0.15, 0.2) is 0 Å². The minimum absolute atomic E-state index is 0.119. The number of carbonyl (C=O) groups excluding carboxylic acids is 1. The van der Waals surface area contributed by atoms with Crippen LogP contribution in [0.25, 0.3) is 10.6 Å². The second-order valence-electron chi connectivity index (χ2n) is 4.57. The van der Waals surface area contributed by atoms with Crippen molar-refractivity contribution in [3.63, 3.8) is 0 Å². The molecule has 22 heavy (non-hydrogen) atoms. The third-order valence-electron chi connectivity index (χ3n) is 2.96. The van der Waals surface area contributed by atoms with E-state index in [9.17, 15) is 4.79 Å². The molecule has 2 heterocycles. The average molecular weight is 325 g/mol. The van der Waals surface area contributed by atoms with E-state index in [1.54, 1.807) is 46.9 Å². The Morgan fingerprint density at radius 3 is 2.73 bits per heavy atom. The van der Waals surface area contributed by atoms with Crippen molar-refractivity contribution in [2.75, 3.05) is 5.32 Å². The van der Waals surface area contributed by atoms with Gasteiger partial charge in [0.1, 0.15) is 5.01 Å². The zero-order chi connectivity index (χ0) is 15.4. The monoisotopic (exact) mass is 325 g/mol. The van der Waals surface area contributed by atoms with Crippen molar-refractivity contribution in [2.24, 2.45) is 0 Å². The molecule has 1 amide bonds. The van der Waals surface area contributed by atoms with Crippen LogP contribution >= 0.6 is 22.7 Å². The Morgan fingerprint density at radius 1 is 1.23 bits per heavy atom. The Kier molecular flexibility index (Phi) is 4.28. The first-order valence-corrected chi connectivity index (χ1v) is 8.34. The number of nitrogens with one attached hydrogen (secondary N) is 1. The lowest BCUT2D eigenvalue weighted by molar-refractivity contribution is -0.115. The van der Waals surface area contributed by atoms with Crippen LogP contribution in [0.2, 0.25) is 0 Å². The first-order chi connectivity index (χ1) is 10.7. The van der Waals surface area contributed by atoms with Gasteiger partial charge in [0.05, 0.1) is 23.7 Å². The van der Waals surface area contributed by atoms with E-state index in [0.29, 0.717) is 11.3 Å².